The predicted octanol–water partition coefficient (Wildman–Crippen LogP) is 2.82. The molecule has 2 aromatic heterocycles. The average molecular weight is 315 g/mol. The van der Waals surface area contributed by atoms with Gasteiger partial charge in [-0.05, 0) is 52.1 Å². The van der Waals surface area contributed by atoms with Crippen LogP contribution >= 0.6 is 0 Å². The molecular formula is C17H25N5O. The number of nitrogens with zero attached hydrogens (tertiary/aromatic N) is 5. The minimum Gasteiger partial charge on any atom is -0.338 e. The van der Waals surface area contributed by atoms with Gasteiger partial charge in [-0.15, -0.1) is 0 Å². The number of aromatic nitrogens is 4. The maximum atomic E-state index is 5.47. The van der Waals surface area contributed by atoms with Gasteiger partial charge in [-0.3, -0.25) is 9.58 Å². The molecule has 23 heavy (non-hydrogen) atoms. The predicted molar refractivity (Wildman–Crippen MR) is 86.0 cm³/mol. The van der Waals surface area contributed by atoms with Crippen LogP contribution in [0.3, 0.4) is 0 Å². The van der Waals surface area contributed by atoms with Crippen LogP contribution in [0, 0.1) is 13.8 Å². The number of hydrogen-bond acceptors (Lipinski definition) is 5. The van der Waals surface area contributed by atoms with Gasteiger partial charge in [-0.2, -0.15) is 10.1 Å². The van der Waals surface area contributed by atoms with E-state index in [9.17, 15) is 0 Å². The van der Waals surface area contributed by atoms with E-state index in [1.807, 2.05) is 0 Å². The highest BCUT2D eigenvalue weighted by atomic mass is 16.5. The second-order valence-corrected chi connectivity index (χ2v) is 7.05. The highest BCUT2D eigenvalue weighted by Crippen LogP contribution is 2.38. The summed E-state index contributed by atoms with van der Waals surface area (Å²) in [5.74, 6) is 2.23. The van der Waals surface area contributed by atoms with Gasteiger partial charge < -0.3 is 4.52 Å². The Morgan fingerprint density at radius 1 is 1.22 bits per heavy atom. The van der Waals surface area contributed by atoms with Crippen LogP contribution in [0.2, 0.25) is 0 Å². The van der Waals surface area contributed by atoms with Crippen LogP contribution in [0.1, 0.15) is 61.1 Å². The summed E-state index contributed by atoms with van der Waals surface area (Å²) in [5, 5.41) is 8.76. The van der Waals surface area contributed by atoms with E-state index in [4.69, 9.17) is 4.52 Å². The number of piperidine rings is 1. The third-order valence-corrected chi connectivity index (χ3v) is 5.00. The zero-order valence-electron chi connectivity index (χ0n) is 14.0. The van der Waals surface area contributed by atoms with E-state index in [1.54, 1.807) is 0 Å². The minimum atomic E-state index is 0.498. The third kappa shape index (κ3) is 3.32. The quantitative estimate of drug-likeness (QED) is 0.849. The van der Waals surface area contributed by atoms with Crippen molar-refractivity contribution in [2.45, 2.75) is 71.0 Å². The van der Waals surface area contributed by atoms with Crippen LogP contribution in [0.4, 0.5) is 0 Å². The summed E-state index contributed by atoms with van der Waals surface area (Å²) in [6, 6.07) is 2.64. The molecule has 1 saturated carbocycles. The molecule has 1 aliphatic heterocycles. The highest BCUT2D eigenvalue weighted by Gasteiger charge is 2.30. The highest BCUT2D eigenvalue weighted by molar-refractivity contribution is 5.07. The molecule has 124 valence electrons. The Hall–Kier alpha value is -1.69. The monoisotopic (exact) mass is 315 g/mol. The summed E-state index contributed by atoms with van der Waals surface area (Å²) in [5.41, 5.74) is 2.33. The SMILES string of the molecule is Cc1cc(C)n(CC2CCCCN2Cc2nc(C3CC3)no2)n1. The van der Waals surface area contributed by atoms with Crippen LogP contribution in [0.5, 0.6) is 0 Å². The molecule has 3 heterocycles. The Morgan fingerprint density at radius 3 is 2.83 bits per heavy atom. The third-order valence-electron chi connectivity index (χ3n) is 5.00. The molecular weight excluding hydrogens is 290 g/mol. The van der Waals surface area contributed by atoms with Gasteiger partial charge in [-0.1, -0.05) is 11.6 Å². The lowest BCUT2D eigenvalue weighted by Crippen LogP contribution is -2.42. The molecule has 2 aliphatic rings. The first-order valence-corrected chi connectivity index (χ1v) is 8.76. The fraction of sp³-hybridized carbons (Fsp3) is 0.706. The van der Waals surface area contributed by atoms with Crippen LogP contribution in [0.15, 0.2) is 10.6 Å². The van der Waals surface area contributed by atoms with Crippen molar-refractivity contribution in [2.24, 2.45) is 0 Å². The van der Waals surface area contributed by atoms with Crippen molar-refractivity contribution in [1.82, 2.24) is 24.8 Å². The molecule has 4 rings (SSSR count). The molecule has 0 amide bonds. The Morgan fingerprint density at radius 2 is 2.09 bits per heavy atom. The lowest BCUT2D eigenvalue weighted by molar-refractivity contribution is 0.107. The van der Waals surface area contributed by atoms with Gasteiger partial charge in [0, 0.05) is 17.7 Å². The van der Waals surface area contributed by atoms with Crippen LogP contribution in [0.25, 0.3) is 0 Å². The first-order chi connectivity index (χ1) is 11.2. The van der Waals surface area contributed by atoms with Gasteiger partial charge in [0.1, 0.15) is 0 Å². The summed E-state index contributed by atoms with van der Waals surface area (Å²) >= 11 is 0. The fourth-order valence-electron chi connectivity index (χ4n) is 3.55. The second-order valence-electron chi connectivity index (χ2n) is 7.05. The lowest BCUT2D eigenvalue weighted by Gasteiger charge is -2.34. The van der Waals surface area contributed by atoms with E-state index in [-0.39, 0.29) is 0 Å². The number of likely N-dealkylation sites (tertiary alicyclic amines) is 1. The summed E-state index contributed by atoms with van der Waals surface area (Å²) < 4.78 is 7.61. The molecule has 0 radical (unpaired) electrons. The zero-order valence-corrected chi connectivity index (χ0v) is 14.0. The van der Waals surface area contributed by atoms with Gasteiger partial charge in [-0.25, -0.2) is 0 Å². The van der Waals surface area contributed by atoms with Crippen molar-refractivity contribution in [3.8, 4) is 0 Å². The summed E-state index contributed by atoms with van der Waals surface area (Å²) in [7, 11) is 0. The molecule has 6 heteroatoms. The van der Waals surface area contributed by atoms with Crippen LogP contribution in [-0.4, -0.2) is 37.4 Å². The van der Waals surface area contributed by atoms with E-state index in [1.165, 1.54) is 37.8 Å². The Labute approximate surface area is 136 Å². The molecule has 0 spiro atoms. The van der Waals surface area contributed by atoms with E-state index in [0.717, 1.165) is 37.0 Å². The standard InChI is InChI=1S/C17H25N5O/c1-12-9-13(2)22(19-12)10-15-5-3-4-8-21(15)11-16-18-17(20-23-16)14-6-7-14/h9,14-15H,3-8,10-11H2,1-2H3. The Bertz CT molecular complexity index is 672. The maximum Gasteiger partial charge on any atom is 0.240 e. The maximum absolute atomic E-state index is 5.47. The minimum absolute atomic E-state index is 0.498. The largest absolute Gasteiger partial charge is 0.338 e. The second kappa shape index (κ2) is 6.07. The van der Waals surface area contributed by atoms with Crippen LogP contribution < -0.4 is 0 Å². The molecule has 1 atom stereocenters. The van der Waals surface area contributed by atoms with Crippen molar-refractivity contribution in [3.63, 3.8) is 0 Å². The summed E-state index contributed by atoms with van der Waals surface area (Å²) in [6.45, 7) is 7.01. The van der Waals surface area contributed by atoms with Gasteiger partial charge in [0.15, 0.2) is 5.82 Å². The Balaban J connectivity index is 1.44. The molecule has 1 aliphatic carbocycles. The van der Waals surface area contributed by atoms with Gasteiger partial charge in [0.05, 0.1) is 18.8 Å². The molecule has 0 aromatic carbocycles. The smallest absolute Gasteiger partial charge is 0.240 e. The average Bonchev–Trinajstić information content (AvgIpc) is 3.20. The topological polar surface area (TPSA) is 60.0 Å². The number of aryl methyl sites for hydroxylation is 2. The Kier molecular flexibility index (Phi) is 3.93. The fourth-order valence-corrected chi connectivity index (χ4v) is 3.55. The molecule has 1 unspecified atom stereocenters. The van der Waals surface area contributed by atoms with Crippen molar-refractivity contribution in [3.05, 3.63) is 29.2 Å². The van der Waals surface area contributed by atoms with Crippen molar-refractivity contribution < 1.29 is 4.52 Å². The van der Waals surface area contributed by atoms with E-state index < -0.39 is 0 Å². The molecule has 1 saturated heterocycles. The number of rotatable bonds is 5. The van der Waals surface area contributed by atoms with Crippen molar-refractivity contribution in [1.29, 1.82) is 0 Å². The van der Waals surface area contributed by atoms with Gasteiger partial charge in [0.2, 0.25) is 5.89 Å². The zero-order chi connectivity index (χ0) is 15.8. The normalized spacial score (nSPS) is 22.6. The number of hydrogen-bond donors (Lipinski definition) is 0. The summed E-state index contributed by atoms with van der Waals surface area (Å²) in [6.07, 6.45) is 6.17. The molecule has 0 N–H and O–H groups in total. The van der Waals surface area contributed by atoms with E-state index in [2.05, 4.69) is 44.7 Å². The van der Waals surface area contributed by atoms with Crippen molar-refractivity contribution in [2.75, 3.05) is 6.54 Å². The van der Waals surface area contributed by atoms with Crippen LogP contribution in [-0.2, 0) is 13.1 Å². The first kappa shape index (κ1) is 14.9. The molecule has 0 bridgehead atoms. The molecule has 2 fully saturated rings. The first-order valence-electron chi connectivity index (χ1n) is 8.76. The molecule has 6 nitrogen and oxygen atoms in total. The van der Waals surface area contributed by atoms with E-state index in [0.29, 0.717) is 12.0 Å². The lowest BCUT2D eigenvalue weighted by atomic mass is 10.0. The molecule has 2 aromatic rings. The van der Waals surface area contributed by atoms with E-state index >= 15 is 0 Å². The van der Waals surface area contributed by atoms with Crippen molar-refractivity contribution >= 4 is 0 Å². The van der Waals surface area contributed by atoms with Gasteiger partial charge in [0.25, 0.3) is 0 Å². The summed E-state index contributed by atoms with van der Waals surface area (Å²) in [4.78, 5) is 7.08. The van der Waals surface area contributed by atoms with Gasteiger partial charge >= 0.3 is 0 Å².